The van der Waals surface area contributed by atoms with E-state index >= 15 is 0 Å². The van der Waals surface area contributed by atoms with Gasteiger partial charge in [-0.2, -0.15) is 0 Å². The maximum Gasteiger partial charge on any atom is 0.233 e. The van der Waals surface area contributed by atoms with Crippen LogP contribution in [0.4, 0.5) is 0 Å². The molecule has 2 aliphatic carbocycles. The number of carbonyl (C=O) groups is 1. The number of hydrogen-bond donors (Lipinski definition) is 1. The minimum atomic E-state index is -0.252. The van der Waals surface area contributed by atoms with E-state index in [9.17, 15) is 4.79 Å². The van der Waals surface area contributed by atoms with Gasteiger partial charge >= 0.3 is 0 Å². The first kappa shape index (κ1) is 21.9. The van der Waals surface area contributed by atoms with Crippen molar-refractivity contribution in [2.24, 2.45) is 17.8 Å². The standard InChI is InChI=1S/C24H32N4O2S/c1-5-12-28-22(18-8-10-20(30-4)11-9-18)26-27-24(28)31-16(3)23(29)25-15(2)21-14-17-6-7-19(21)13-17/h5,8-11,15-17,19,21H,1,6-7,12-14H2,2-4H3,(H,25,29). The lowest BCUT2D eigenvalue weighted by Crippen LogP contribution is -2.43. The molecule has 2 aliphatic rings. The summed E-state index contributed by atoms with van der Waals surface area (Å²) in [5, 5.41) is 12.5. The number of nitrogens with one attached hydrogen (secondary N) is 1. The van der Waals surface area contributed by atoms with Crippen LogP contribution in [0.5, 0.6) is 5.75 Å². The van der Waals surface area contributed by atoms with E-state index in [0.717, 1.165) is 34.1 Å². The van der Waals surface area contributed by atoms with Gasteiger partial charge in [0, 0.05) is 18.2 Å². The number of benzene rings is 1. The van der Waals surface area contributed by atoms with Gasteiger partial charge in [0.25, 0.3) is 0 Å². The lowest BCUT2D eigenvalue weighted by atomic mass is 9.84. The highest BCUT2D eigenvalue weighted by molar-refractivity contribution is 8.00. The van der Waals surface area contributed by atoms with Gasteiger partial charge in [0.05, 0.1) is 12.4 Å². The maximum absolute atomic E-state index is 12.9. The molecule has 1 aromatic carbocycles. The highest BCUT2D eigenvalue weighted by Crippen LogP contribution is 2.49. The monoisotopic (exact) mass is 440 g/mol. The number of thioether (sulfide) groups is 1. The average molecular weight is 441 g/mol. The van der Waals surface area contributed by atoms with E-state index < -0.39 is 0 Å². The van der Waals surface area contributed by atoms with E-state index in [0.29, 0.717) is 12.5 Å². The molecule has 1 amide bonds. The van der Waals surface area contributed by atoms with Gasteiger partial charge in [0.15, 0.2) is 11.0 Å². The molecule has 0 spiro atoms. The first-order chi connectivity index (χ1) is 15.0. The molecule has 0 saturated heterocycles. The van der Waals surface area contributed by atoms with Crippen molar-refractivity contribution in [3.8, 4) is 17.1 Å². The lowest BCUT2D eigenvalue weighted by molar-refractivity contribution is -0.121. The number of rotatable bonds is 9. The van der Waals surface area contributed by atoms with Crippen molar-refractivity contribution in [1.29, 1.82) is 0 Å². The summed E-state index contributed by atoms with van der Waals surface area (Å²) in [7, 11) is 1.65. The van der Waals surface area contributed by atoms with Crippen LogP contribution >= 0.6 is 11.8 Å². The Morgan fingerprint density at radius 3 is 2.68 bits per heavy atom. The summed E-state index contributed by atoms with van der Waals surface area (Å²) >= 11 is 1.45. The molecule has 1 aromatic heterocycles. The minimum absolute atomic E-state index is 0.0689. The second-order valence-corrected chi connectivity index (χ2v) is 10.1. The SMILES string of the molecule is C=CCn1c(SC(C)C(=O)NC(C)C2CC3CCC2C3)nnc1-c1ccc(OC)cc1. The summed E-state index contributed by atoms with van der Waals surface area (Å²) < 4.78 is 7.25. The fourth-order valence-electron chi connectivity index (χ4n) is 5.19. The molecule has 6 nitrogen and oxygen atoms in total. The molecule has 2 fully saturated rings. The second kappa shape index (κ2) is 9.47. The molecule has 5 unspecified atom stereocenters. The molecule has 2 bridgehead atoms. The fraction of sp³-hybridized carbons (Fsp3) is 0.542. The predicted molar refractivity (Wildman–Crippen MR) is 124 cm³/mol. The molecule has 4 rings (SSSR count). The highest BCUT2D eigenvalue weighted by atomic mass is 32.2. The number of nitrogens with zero attached hydrogens (tertiary/aromatic N) is 3. The Morgan fingerprint density at radius 2 is 2.06 bits per heavy atom. The van der Waals surface area contributed by atoms with E-state index in [4.69, 9.17) is 4.74 Å². The Labute approximate surface area is 188 Å². The molecule has 0 radical (unpaired) electrons. The van der Waals surface area contributed by atoms with Gasteiger partial charge in [-0.3, -0.25) is 9.36 Å². The predicted octanol–water partition coefficient (Wildman–Crippen LogP) is 4.56. The van der Waals surface area contributed by atoms with Crippen LogP contribution in [0.25, 0.3) is 11.4 Å². The van der Waals surface area contributed by atoms with E-state index in [2.05, 4.69) is 29.0 Å². The van der Waals surface area contributed by atoms with E-state index in [1.54, 1.807) is 7.11 Å². The van der Waals surface area contributed by atoms with Crippen LogP contribution in [0.15, 0.2) is 42.1 Å². The zero-order valence-corrected chi connectivity index (χ0v) is 19.4. The Kier molecular flexibility index (Phi) is 6.70. The van der Waals surface area contributed by atoms with Crippen molar-refractivity contribution < 1.29 is 9.53 Å². The quantitative estimate of drug-likeness (QED) is 0.457. The van der Waals surface area contributed by atoms with Crippen molar-refractivity contribution in [3.05, 3.63) is 36.9 Å². The van der Waals surface area contributed by atoms with Crippen LogP contribution in [0, 0.1) is 17.8 Å². The molecule has 2 aromatic rings. The molecule has 5 atom stereocenters. The normalized spacial score (nSPS) is 24.0. The van der Waals surface area contributed by atoms with Crippen molar-refractivity contribution in [2.45, 2.75) is 62.5 Å². The summed E-state index contributed by atoms with van der Waals surface area (Å²) in [5.41, 5.74) is 0.948. The Balaban J connectivity index is 1.43. The third-order valence-corrected chi connectivity index (χ3v) is 7.91. The van der Waals surface area contributed by atoms with Crippen LogP contribution in [0.2, 0.25) is 0 Å². The lowest BCUT2D eigenvalue weighted by Gasteiger charge is -2.29. The number of aromatic nitrogens is 3. The molecule has 31 heavy (non-hydrogen) atoms. The van der Waals surface area contributed by atoms with E-state index in [1.807, 2.05) is 41.8 Å². The smallest absolute Gasteiger partial charge is 0.233 e. The second-order valence-electron chi connectivity index (χ2n) is 8.83. The molecule has 0 aliphatic heterocycles. The number of fused-ring (bicyclic) bond motifs is 2. The van der Waals surface area contributed by atoms with Gasteiger partial charge in [0.2, 0.25) is 5.91 Å². The average Bonchev–Trinajstić information content (AvgIpc) is 3.51. The molecular weight excluding hydrogens is 408 g/mol. The van der Waals surface area contributed by atoms with Crippen LogP contribution in [0.1, 0.15) is 39.5 Å². The zero-order valence-electron chi connectivity index (χ0n) is 18.6. The molecule has 1 N–H and O–H groups in total. The number of carbonyl (C=O) groups excluding carboxylic acids is 1. The zero-order chi connectivity index (χ0) is 22.0. The summed E-state index contributed by atoms with van der Waals surface area (Å²) in [6.07, 6.45) is 7.16. The molecule has 2 saturated carbocycles. The molecule has 166 valence electrons. The number of hydrogen-bond acceptors (Lipinski definition) is 5. The summed E-state index contributed by atoms with van der Waals surface area (Å²) in [6.45, 7) is 8.55. The number of ether oxygens (including phenoxy) is 1. The van der Waals surface area contributed by atoms with Gasteiger partial charge in [-0.1, -0.05) is 24.3 Å². The summed E-state index contributed by atoms with van der Waals surface area (Å²) in [4.78, 5) is 12.9. The van der Waals surface area contributed by atoms with E-state index in [1.165, 1.54) is 37.4 Å². The van der Waals surface area contributed by atoms with Gasteiger partial charge in [-0.05, 0) is 75.1 Å². The molecule has 7 heteroatoms. The highest BCUT2D eigenvalue weighted by Gasteiger charge is 2.42. The number of amides is 1. The van der Waals surface area contributed by atoms with Gasteiger partial charge < -0.3 is 10.1 Å². The van der Waals surface area contributed by atoms with Gasteiger partial charge in [0.1, 0.15) is 5.75 Å². The van der Waals surface area contributed by atoms with Crippen molar-refractivity contribution >= 4 is 17.7 Å². The maximum atomic E-state index is 12.9. The Bertz CT molecular complexity index is 926. The third-order valence-electron chi connectivity index (χ3n) is 6.83. The van der Waals surface area contributed by atoms with E-state index in [-0.39, 0.29) is 17.2 Å². The van der Waals surface area contributed by atoms with Crippen LogP contribution in [0.3, 0.4) is 0 Å². The summed E-state index contributed by atoms with van der Waals surface area (Å²) in [5.74, 6) is 3.93. The largest absolute Gasteiger partial charge is 0.497 e. The van der Waals surface area contributed by atoms with Crippen LogP contribution in [-0.4, -0.2) is 39.1 Å². The van der Waals surface area contributed by atoms with Gasteiger partial charge in [-0.25, -0.2) is 0 Å². The molecule has 1 heterocycles. The van der Waals surface area contributed by atoms with Crippen LogP contribution in [-0.2, 0) is 11.3 Å². The van der Waals surface area contributed by atoms with Crippen molar-refractivity contribution in [3.63, 3.8) is 0 Å². The number of methoxy groups -OCH3 is 1. The number of allylic oxidation sites excluding steroid dienone is 1. The molecular formula is C24H32N4O2S. The minimum Gasteiger partial charge on any atom is -0.497 e. The summed E-state index contributed by atoms with van der Waals surface area (Å²) in [6, 6.07) is 7.96. The first-order valence-corrected chi connectivity index (χ1v) is 12.0. The first-order valence-electron chi connectivity index (χ1n) is 11.2. The Morgan fingerprint density at radius 1 is 1.29 bits per heavy atom. The third kappa shape index (κ3) is 4.66. The Hall–Kier alpha value is -2.28. The van der Waals surface area contributed by atoms with Crippen LogP contribution < -0.4 is 10.1 Å². The fourth-order valence-corrected chi connectivity index (χ4v) is 6.06. The van der Waals surface area contributed by atoms with Crippen molar-refractivity contribution in [2.75, 3.05) is 7.11 Å². The van der Waals surface area contributed by atoms with Crippen molar-refractivity contribution in [1.82, 2.24) is 20.1 Å². The topological polar surface area (TPSA) is 69.0 Å². The van der Waals surface area contributed by atoms with Gasteiger partial charge in [-0.15, -0.1) is 16.8 Å².